The van der Waals surface area contributed by atoms with Gasteiger partial charge in [-0.3, -0.25) is 19.9 Å². The van der Waals surface area contributed by atoms with E-state index in [1.807, 2.05) is 12.1 Å². The molecule has 0 unspecified atom stereocenters. The van der Waals surface area contributed by atoms with Gasteiger partial charge >= 0.3 is 6.09 Å². The molecule has 0 saturated carbocycles. The van der Waals surface area contributed by atoms with E-state index >= 15 is 0 Å². The van der Waals surface area contributed by atoms with Crippen LogP contribution in [-0.4, -0.2) is 105 Å². The number of ether oxygens (including phenoxy) is 4. The number of rotatable bonds is 8. The summed E-state index contributed by atoms with van der Waals surface area (Å²) in [5.41, 5.74) is 2.12. The van der Waals surface area contributed by atoms with Gasteiger partial charge < -0.3 is 28.7 Å². The van der Waals surface area contributed by atoms with Gasteiger partial charge in [-0.15, -0.1) is 0 Å². The molecule has 204 valence electrons. The van der Waals surface area contributed by atoms with Crippen molar-refractivity contribution >= 4 is 17.5 Å². The molecule has 0 aromatic heterocycles. The molecule has 0 bridgehead atoms. The number of anilines is 1. The summed E-state index contributed by atoms with van der Waals surface area (Å²) in [7, 11) is 1.63. The van der Waals surface area contributed by atoms with E-state index in [-0.39, 0.29) is 18.6 Å². The van der Waals surface area contributed by atoms with Crippen molar-refractivity contribution in [3.63, 3.8) is 0 Å². The highest BCUT2D eigenvalue weighted by Crippen LogP contribution is 2.42. The number of piperazine rings is 2. The predicted octanol–water partition coefficient (Wildman–Crippen LogP) is 2.41. The van der Waals surface area contributed by atoms with Crippen LogP contribution in [0, 0.1) is 10.1 Å². The van der Waals surface area contributed by atoms with Crippen molar-refractivity contribution in [2.75, 3.05) is 84.3 Å². The van der Waals surface area contributed by atoms with Crippen LogP contribution in [0.15, 0.2) is 36.4 Å². The van der Waals surface area contributed by atoms with Crippen LogP contribution in [0.5, 0.6) is 17.2 Å². The fraction of sp³-hybridized carbons (Fsp3) is 0.500. The average molecular weight is 528 g/mol. The Morgan fingerprint density at radius 3 is 2.37 bits per heavy atom. The van der Waals surface area contributed by atoms with Gasteiger partial charge in [0.2, 0.25) is 12.5 Å². The summed E-state index contributed by atoms with van der Waals surface area (Å²) >= 11 is 0. The van der Waals surface area contributed by atoms with Crippen molar-refractivity contribution in [1.29, 1.82) is 0 Å². The van der Waals surface area contributed by atoms with Gasteiger partial charge in [0.1, 0.15) is 6.61 Å². The summed E-state index contributed by atoms with van der Waals surface area (Å²) in [6.45, 7) is 8.19. The lowest BCUT2D eigenvalue weighted by molar-refractivity contribution is -0.384. The second-order valence-corrected chi connectivity index (χ2v) is 9.51. The standard InChI is InChI=1S/C26H33N5O7/c1-35-23-16-20(17-24-25(23)38-19-37-24)18-28-8-6-27(7-9-28)14-15-36-26(32)30-12-10-29(11-13-30)21-2-4-22(5-3-21)31(33)34/h2-5,16-17H,6-15,18-19H2,1H3. The number of fused-ring (bicyclic) bond motifs is 1. The van der Waals surface area contributed by atoms with Gasteiger partial charge in [0.25, 0.3) is 5.69 Å². The minimum Gasteiger partial charge on any atom is -0.493 e. The average Bonchev–Trinajstić information content (AvgIpc) is 3.42. The normalized spacial score (nSPS) is 17.9. The largest absolute Gasteiger partial charge is 0.493 e. The van der Waals surface area contributed by atoms with E-state index in [0.717, 1.165) is 49.7 Å². The van der Waals surface area contributed by atoms with E-state index in [1.54, 1.807) is 24.1 Å². The maximum absolute atomic E-state index is 12.5. The number of nitro benzene ring substituents is 1. The molecule has 3 heterocycles. The molecule has 12 nitrogen and oxygen atoms in total. The van der Waals surface area contributed by atoms with Gasteiger partial charge in [-0.2, -0.15) is 0 Å². The zero-order chi connectivity index (χ0) is 26.5. The summed E-state index contributed by atoms with van der Waals surface area (Å²) in [5, 5.41) is 10.8. The summed E-state index contributed by atoms with van der Waals surface area (Å²) in [5.74, 6) is 2.10. The third-order valence-electron chi connectivity index (χ3n) is 7.19. The van der Waals surface area contributed by atoms with Crippen molar-refractivity contribution in [3.8, 4) is 17.2 Å². The van der Waals surface area contributed by atoms with Crippen LogP contribution in [0.3, 0.4) is 0 Å². The van der Waals surface area contributed by atoms with E-state index in [0.29, 0.717) is 50.8 Å². The lowest BCUT2D eigenvalue weighted by atomic mass is 10.1. The van der Waals surface area contributed by atoms with Crippen molar-refractivity contribution < 1.29 is 28.7 Å². The van der Waals surface area contributed by atoms with Crippen LogP contribution in [-0.2, 0) is 11.3 Å². The first-order chi connectivity index (χ1) is 18.5. The molecule has 3 aliphatic heterocycles. The predicted molar refractivity (Wildman–Crippen MR) is 139 cm³/mol. The van der Waals surface area contributed by atoms with Crippen molar-refractivity contribution in [3.05, 3.63) is 52.1 Å². The summed E-state index contributed by atoms with van der Waals surface area (Å²) in [6.07, 6.45) is -0.288. The molecular formula is C26H33N5O7. The van der Waals surface area contributed by atoms with Crippen molar-refractivity contribution in [1.82, 2.24) is 14.7 Å². The highest BCUT2D eigenvalue weighted by Gasteiger charge is 2.25. The Kier molecular flexibility index (Phi) is 7.99. The van der Waals surface area contributed by atoms with E-state index in [9.17, 15) is 14.9 Å². The maximum atomic E-state index is 12.5. The zero-order valence-corrected chi connectivity index (χ0v) is 21.5. The monoisotopic (exact) mass is 527 g/mol. The number of nitrogens with zero attached hydrogens (tertiary/aromatic N) is 5. The Labute approximate surface area is 221 Å². The number of benzene rings is 2. The topological polar surface area (TPSA) is 110 Å². The van der Waals surface area contributed by atoms with Crippen molar-refractivity contribution in [2.45, 2.75) is 6.54 Å². The van der Waals surface area contributed by atoms with Crippen molar-refractivity contribution in [2.24, 2.45) is 0 Å². The molecular weight excluding hydrogens is 494 g/mol. The molecule has 0 N–H and O–H groups in total. The molecule has 2 aromatic rings. The summed E-state index contributed by atoms with van der Waals surface area (Å²) in [6, 6.07) is 10.5. The van der Waals surface area contributed by atoms with Gasteiger partial charge in [-0.1, -0.05) is 0 Å². The van der Waals surface area contributed by atoms with E-state index in [1.165, 1.54) is 12.1 Å². The van der Waals surface area contributed by atoms with E-state index < -0.39 is 4.92 Å². The van der Waals surface area contributed by atoms with Gasteiger partial charge in [0.05, 0.1) is 12.0 Å². The molecule has 0 radical (unpaired) electrons. The fourth-order valence-electron chi connectivity index (χ4n) is 4.99. The molecule has 0 aliphatic carbocycles. The molecule has 0 spiro atoms. The number of carbonyl (C=O) groups excluding carboxylic acids is 1. The highest BCUT2D eigenvalue weighted by atomic mass is 16.7. The van der Waals surface area contributed by atoms with Crippen LogP contribution in [0.4, 0.5) is 16.2 Å². The number of hydrogen-bond donors (Lipinski definition) is 0. The highest BCUT2D eigenvalue weighted by molar-refractivity contribution is 5.68. The minimum atomic E-state index is -0.406. The molecule has 2 saturated heterocycles. The summed E-state index contributed by atoms with van der Waals surface area (Å²) in [4.78, 5) is 31.5. The Morgan fingerprint density at radius 2 is 1.68 bits per heavy atom. The molecule has 5 rings (SSSR count). The lowest BCUT2D eigenvalue weighted by Crippen LogP contribution is -2.50. The van der Waals surface area contributed by atoms with Gasteiger partial charge in [-0.05, 0) is 29.8 Å². The molecule has 1 amide bonds. The molecule has 2 fully saturated rings. The van der Waals surface area contributed by atoms with Gasteiger partial charge in [-0.25, -0.2) is 4.79 Å². The fourth-order valence-corrected chi connectivity index (χ4v) is 4.99. The first-order valence-corrected chi connectivity index (χ1v) is 12.8. The number of methoxy groups -OCH3 is 1. The smallest absolute Gasteiger partial charge is 0.409 e. The molecule has 0 atom stereocenters. The third-order valence-corrected chi connectivity index (χ3v) is 7.19. The third kappa shape index (κ3) is 6.03. The van der Waals surface area contributed by atoms with Gasteiger partial charge in [0.15, 0.2) is 11.5 Å². The van der Waals surface area contributed by atoms with Crippen LogP contribution < -0.4 is 19.1 Å². The van der Waals surface area contributed by atoms with Crippen LogP contribution in [0.2, 0.25) is 0 Å². The first-order valence-electron chi connectivity index (χ1n) is 12.8. The quantitative estimate of drug-likeness (QED) is 0.375. The Morgan fingerprint density at radius 1 is 0.974 bits per heavy atom. The molecule has 38 heavy (non-hydrogen) atoms. The zero-order valence-electron chi connectivity index (χ0n) is 21.5. The second kappa shape index (κ2) is 11.7. The second-order valence-electron chi connectivity index (χ2n) is 9.51. The summed E-state index contributed by atoms with van der Waals surface area (Å²) < 4.78 is 22.0. The number of amides is 1. The van der Waals surface area contributed by atoms with Gasteiger partial charge in [0, 0.05) is 83.3 Å². The lowest BCUT2D eigenvalue weighted by Gasteiger charge is -2.36. The molecule has 3 aliphatic rings. The Balaban J connectivity index is 0.994. The van der Waals surface area contributed by atoms with E-state index in [2.05, 4.69) is 14.7 Å². The number of non-ortho nitro benzene ring substituents is 1. The first kappa shape index (κ1) is 25.9. The van der Waals surface area contributed by atoms with E-state index in [4.69, 9.17) is 18.9 Å². The number of nitro groups is 1. The maximum Gasteiger partial charge on any atom is 0.409 e. The van der Waals surface area contributed by atoms with Crippen LogP contribution in [0.25, 0.3) is 0 Å². The van der Waals surface area contributed by atoms with Crippen LogP contribution in [0.1, 0.15) is 5.56 Å². The molecule has 12 heteroatoms. The number of carbonyl (C=O) groups is 1. The molecule has 2 aromatic carbocycles. The Bertz CT molecular complexity index is 1130. The minimum absolute atomic E-state index is 0.0720. The van der Waals surface area contributed by atoms with Crippen LogP contribution >= 0.6 is 0 Å². The Hall–Kier alpha value is -3.77. The SMILES string of the molecule is COc1cc(CN2CCN(CCOC(=O)N3CCN(c4ccc([N+](=O)[O-])cc4)CC3)CC2)cc2c1OCO2. The number of hydrogen-bond acceptors (Lipinski definition) is 10.